The maximum absolute atomic E-state index is 12.6. The van der Waals surface area contributed by atoms with Gasteiger partial charge in [-0.05, 0) is 17.7 Å². The fourth-order valence-corrected chi connectivity index (χ4v) is 3.08. The van der Waals surface area contributed by atoms with E-state index in [0.717, 1.165) is 0 Å². The van der Waals surface area contributed by atoms with Crippen molar-refractivity contribution in [1.29, 1.82) is 0 Å². The van der Waals surface area contributed by atoms with Gasteiger partial charge in [-0.3, -0.25) is 9.36 Å². The second kappa shape index (κ2) is 7.34. The molecule has 28 heavy (non-hydrogen) atoms. The molecule has 1 atom stereocenters. The van der Waals surface area contributed by atoms with Crippen LogP contribution in [0.15, 0.2) is 40.2 Å². The van der Waals surface area contributed by atoms with E-state index in [1.165, 1.54) is 17.2 Å². The first-order valence-electron chi connectivity index (χ1n) is 8.23. The van der Waals surface area contributed by atoms with E-state index in [1.807, 2.05) is 0 Å². The van der Waals surface area contributed by atoms with Crippen molar-refractivity contribution in [3.8, 4) is 0 Å². The minimum absolute atomic E-state index is 0.0584. The first-order valence-corrected chi connectivity index (χ1v) is 8.99. The maximum Gasteiger partial charge on any atom is 0.280 e. The number of aliphatic hydroxyl groups excluding tert-OH is 1. The lowest BCUT2D eigenvalue weighted by Crippen LogP contribution is -2.22. The molecule has 1 N–H and O–H groups in total. The van der Waals surface area contributed by atoms with Crippen LogP contribution in [0.5, 0.6) is 0 Å². The summed E-state index contributed by atoms with van der Waals surface area (Å²) < 4.78 is 8.16. The summed E-state index contributed by atoms with van der Waals surface area (Å²) in [6, 6.07) is 4.87. The van der Waals surface area contributed by atoms with E-state index in [0.29, 0.717) is 32.6 Å². The van der Waals surface area contributed by atoms with Crippen LogP contribution in [0.25, 0.3) is 11.2 Å². The molecule has 0 aliphatic heterocycles. The van der Waals surface area contributed by atoms with Gasteiger partial charge in [-0.2, -0.15) is 4.98 Å². The Morgan fingerprint density at radius 1 is 1.21 bits per heavy atom. The average molecular weight is 421 g/mol. The third-order valence-corrected chi connectivity index (χ3v) is 4.96. The molecule has 11 heteroatoms. The molecule has 9 nitrogen and oxygen atoms in total. The van der Waals surface area contributed by atoms with Crippen LogP contribution in [0.1, 0.15) is 23.4 Å². The summed E-state index contributed by atoms with van der Waals surface area (Å²) in [4.78, 5) is 25.0. The van der Waals surface area contributed by atoms with Crippen LogP contribution in [0.2, 0.25) is 10.0 Å². The number of hydrogen-bond acceptors (Lipinski definition) is 7. The number of aromatic nitrogens is 6. The van der Waals surface area contributed by atoms with E-state index >= 15 is 0 Å². The van der Waals surface area contributed by atoms with Crippen LogP contribution in [-0.2, 0) is 20.0 Å². The highest BCUT2D eigenvalue weighted by atomic mass is 35.5. The summed E-state index contributed by atoms with van der Waals surface area (Å²) in [5.74, 6) is 0.526. The fourth-order valence-electron chi connectivity index (χ4n) is 2.78. The normalized spacial score (nSPS) is 12.6. The Hall–Kier alpha value is -2.75. The molecule has 3 aromatic heterocycles. The molecule has 0 radical (unpaired) electrons. The molecule has 0 fully saturated rings. The van der Waals surface area contributed by atoms with E-state index in [-0.39, 0.29) is 24.4 Å². The van der Waals surface area contributed by atoms with E-state index in [1.54, 1.807) is 29.8 Å². The van der Waals surface area contributed by atoms with Gasteiger partial charge >= 0.3 is 0 Å². The van der Waals surface area contributed by atoms with E-state index < -0.39 is 6.10 Å². The van der Waals surface area contributed by atoms with Crippen molar-refractivity contribution < 1.29 is 9.63 Å². The van der Waals surface area contributed by atoms with Crippen LogP contribution in [0.4, 0.5) is 0 Å². The summed E-state index contributed by atoms with van der Waals surface area (Å²) in [5, 5.41) is 15.0. The molecule has 0 bridgehead atoms. The van der Waals surface area contributed by atoms with Crippen LogP contribution in [0, 0.1) is 0 Å². The second-order valence-electron chi connectivity index (χ2n) is 6.20. The zero-order valence-corrected chi connectivity index (χ0v) is 16.1. The molecular formula is C17H14Cl2N6O3. The van der Waals surface area contributed by atoms with Gasteiger partial charge in [-0.25, -0.2) is 9.97 Å². The SMILES string of the molecule is Cn1cnc2ncn(Cc3nc(CC(O)c4ccc(Cl)c(Cl)c4)no3)c(=O)c21. The van der Waals surface area contributed by atoms with Gasteiger partial charge in [0.25, 0.3) is 5.56 Å². The highest BCUT2D eigenvalue weighted by molar-refractivity contribution is 6.42. The number of nitrogens with zero attached hydrogens (tertiary/aromatic N) is 6. The first kappa shape index (κ1) is 18.6. The van der Waals surface area contributed by atoms with Crippen LogP contribution in [-0.4, -0.2) is 34.3 Å². The Labute approximate surface area is 168 Å². The molecule has 0 spiro atoms. The van der Waals surface area contributed by atoms with Crippen LogP contribution >= 0.6 is 23.2 Å². The van der Waals surface area contributed by atoms with Crippen LogP contribution in [0.3, 0.4) is 0 Å². The molecule has 4 aromatic rings. The van der Waals surface area contributed by atoms with Gasteiger partial charge < -0.3 is 14.2 Å². The number of fused-ring (bicyclic) bond motifs is 1. The molecule has 4 rings (SSSR count). The van der Waals surface area contributed by atoms with Gasteiger partial charge in [-0.1, -0.05) is 34.4 Å². The maximum atomic E-state index is 12.6. The van der Waals surface area contributed by atoms with Crippen molar-refractivity contribution in [3.63, 3.8) is 0 Å². The quantitative estimate of drug-likeness (QED) is 0.526. The standard InChI is InChI=1S/C17H14Cl2N6O3/c1-24-7-20-16-15(24)17(27)25(8-21-16)6-14-22-13(23-28-14)5-12(26)9-2-3-10(18)11(19)4-9/h2-4,7-8,12,26H,5-6H2,1H3. The summed E-state index contributed by atoms with van der Waals surface area (Å²) in [7, 11) is 1.72. The summed E-state index contributed by atoms with van der Waals surface area (Å²) in [6.45, 7) is 0.0584. The van der Waals surface area contributed by atoms with Crippen molar-refractivity contribution in [2.75, 3.05) is 0 Å². The smallest absolute Gasteiger partial charge is 0.280 e. The van der Waals surface area contributed by atoms with Crippen molar-refractivity contribution in [2.45, 2.75) is 19.1 Å². The highest BCUT2D eigenvalue weighted by Crippen LogP contribution is 2.26. The van der Waals surface area contributed by atoms with Gasteiger partial charge in [-0.15, -0.1) is 0 Å². The lowest BCUT2D eigenvalue weighted by molar-refractivity contribution is 0.174. The Morgan fingerprint density at radius 3 is 2.79 bits per heavy atom. The molecule has 0 saturated heterocycles. The Kier molecular flexibility index (Phi) is 4.88. The van der Waals surface area contributed by atoms with Crippen LogP contribution < -0.4 is 5.56 Å². The number of hydrogen-bond donors (Lipinski definition) is 1. The topological polar surface area (TPSA) is 112 Å². The summed E-state index contributed by atoms with van der Waals surface area (Å²) >= 11 is 11.9. The molecule has 0 amide bonds. The highest BCUT2D eigenvalue weighted by Gasteiger charge is 2.16. The number of imidazole rings is 1. The van der Waals surface area contributed by atoms with E-state index in [2.05, 4.69) is 20.1 Å². The minimum Gasteiger partial charge on any atom is -0.388 e. The van der Waals surface area contributed by atoms with Gasteiger partial charge in [0.05, 0.1) is 22.5 Å². The number of aryl methyl sites for hydroxylation is 1. The van der Waals surface area contributed by atoms with Crippen molar-refractivity contribution in [2.24, 2.45) is 7.05 Å². The molecule has 1 unspecified atom stereocenters. The first-order chi connectivity index (χ1) is 13.4. The van der Waals surface area contributed by atoms with Gasteiger partial charge in [0.1, 0.15) is 12.9 Å². The lowest BCUT2D eigenvalue weighted by Gasteiger charge is -2.09. The second-order valence-corrected chi connectivity index (χ2v) is 7.02. The van der Waals surface area contributed by atoms with Gasteiger partial charge in [0.15, 0.2) is 17.0 Å². The van der Waals surface area contributed by atoms with E-state index in [9.17, 15) is 9.90 Å². The number of benzene rings is 1. The number of halogens is 2. The molecule has 144 valence electrons. The lowest BCUT2D eigenvalue weighted by atomic mass is 10.1. The predicted octanol–water partition coefficient (Wildman–Crippen LogP) is 2.14. The van der Waals surface area contributed by atoms with Gasteiger partial charge in [0.2, 0.25) is 5.89 Å². The van der Waals surface area contributed by atoms with E-state index in [4.69, 9.17) is 27.7 Å². The number of aliphatic hydroxyl groups is 1. The fraction of sp³-hybridized carbons (Fsp3) is 0.235. The monoisotopic (exact) mass is 420 g/mol. The minimum atomic E-state index is -0.879. The predicted molar refractivity (Wildman–Crippen MR) is 101 cm³/mol. The zero-order chi connectivity index (χ0) is 19.8. The number of rotatable bonds is 5. The molecule has 3 heterocycles. The summed E-state index contributed by atoms with van der Waals surface area (Å²) in [6.07, 6.45) is 2.15. The average Bonchev–Trinajstić information content (AvgIpc) is 3.26. The third-order valence-electron chi connectivity index (χ3n) is 4.22. The molecule has 0 saturated carbocycles. The zero-order valence-electron chi connectivity index (χ0n) is 14.6. The molecule has 0 aliphatic rings. The van der Waals surface area contributed by atoms with Crippen molar-refractivity contribution >= 4 is 34.4 Å². The van der Waals surface area contributed by atoms with Gasteiger partial charge in [0, 0.05) is 13.5 Å². The Bertz CT molecular complexity index is 1220. The Balaban J connectivity index is 1.52. The summed E-state index contributed by atoms with van der Waals surface area (Å²) in [5.41, 5.74) is 1.08. The molecular weight excluding hydrogens is 407 g/mol. The largest absolute Gasteiger partial charge is 0.388 e. The third kappa shape index (κ3) is 3.51. The molecule has 0 aliphatic carbocycles. The molecule has 1 aromatic carbocycles. The Morgan fingerprint density at radius 2 is 2.00 bits per heavy atom. The van der Waals surface area contributed by atoms with Crippen molar-refractivity contribution in [1.82, 2.24) is 29.2 Å². The van der Waals surface area contributed by atoms with Crippen molar-refractivity contribution in [3.05, 3.63) is 68.5 Å².